The Morgan fingerprint density at radius 2 is 2.00 bits per heavy atom. The van der Waals surface area contributed by atoms with Crippen LogP contribution in [0.5, 0.6) is 0 Å². The second-order valence-electron chi connectivity index (χ2n) is 5.14. The van der Waals surface area contributed by atoms with Crippen LogP contribution in [0.1, 0.15) is 37.3 Å². The van der Waals surface area contributed by atoms with Crippen molar-refractivity contribution >= 4 is 29.9 Å². The summed E-state index contributed by atoms with van der Waals surface area (Å²) < 4.78 is 0. The largest absolute Gasteiger partial charge is 0.349 e. The van der Waals surface area contributed by atoms with Gasteiger partial charge in [-0.3, -0.25) is 4.79 Å². The normalized spacial score (nSPS) is 15.9. The van der Waals surface area contributed by atoms with Crippen molar-refractivity contribution < 1.29 is 4.79 Å². The van der Waals surface area contributed by atoms with E-state index in [1.165, 1.54) is 19.3 Å². The zero-order valence-electron chi connectivity index (χ0n) is 11.7. The van der Waals surface area contributed by atoms with Gasteiger partial charge < -0.3 is 10.6 Å². The minimum atomic E-state index is 0. The average molecular weight is 317 g/mol. The van der Waals surface area contributed by atoms with Crippen LogP contribution in [0.3, 0.4) is 0 Å². The Bertz CT molecular complexity index is 418. The highest BCUT2D eigenvalue weighted by Gasteiger charge is 2.29. The maximum absolute atomic E-state index is 11.9. The highest BCUT2D eigenvalue weighted by molar-refractivity contribution is 6.30. The van der Waals surface area contributed by atoms with Crippen molar-refractivity contribution in [3.05, 3.63) is 34.9 Å². The van der Waals surface area contributed by atoms with Gasteiger partial charge in [0.2, 0.25) is 5.91 Å². The lowest BCUT2D eigenvalue weighted by Gasteiger charge is -2.34. The molecule has 20 heavy (non-hydrogen) atoms. The Morgan fingerprint density at radius 3 is 2.50 bits per heavy atom. The number of rotatable bonds is 6. The maximum atomic E-state index is 11.9. The number of hydrogen-bond donors (Lipinski definition) is 2. The summed E-state index contributed by atoms with van der Waals surface area (Å²) in [5.41, 5.74) is 1.16. The summed E-state index contributed by atoms with van der Waals surface area (Å²) in [5, 5.41) is 6.90. The molecule has 0 aliphatic heterocycles. The first-order valence-electron chi connectivity index (χ1n) is 6.90. The summed E-state index contributed by atoms with van der Waals surface area (Å²) in [6.45, 7) is 0.712. The molecule has 0 bridgehead atoms. The molecule has 1 aliphatic rings. The molecule has 1 unspecified atom stereocenters. The molecular formula is C15H22Cl2N2O. The quantitative estimate of drug-likeness (QED) is 0.845. The lowest BCUT2D eigenvalue weighted by atomic mass is 9.77. The van der Waals surface area contributed by atoms with Crippen LogP contribution in [-0.2, 0) is 4.79 Å². The minimum Gasteiger partial charge on any atom is -0.349 e. The lowest BCUT2D eigenvalue weighted by molar-refractivity contribution is -0.122. The molecular weight excluding hydrogens is 295 g/mol. The van der Waals surface area contributed by atoms with Crippen LogP contribution in [0.25, 0.3) is 0 Å². The van der Waals surface area contributed by atoms with E-state index in [9.17, 15) is 4.79 Å². The van der Waals surface area contributed by atoms with Gasteiger partial charge in [-0.15, -0.1) is 12.4 Å². The van der Waals surface area contributed by atoms with Crippen LogP contribution >= 0.6 is 24.0 Å². The van der Waals surface area contributed by atoms with Gasteiger partial charge in [-0.05, 0) is 43.5 Å². The topological polar surface area (TPSA) is 41.1 Å². The van der Waals surface area contributed by atoms with Crippen molar-refractivity contribution in [3.8, 4) is 0 Å². The number of amides is 1. The van der Waals surface area contributed by atoms with Gasteiger partial charge in [-0.1, -0.05) is 30.2 Å². The molecule has 2 N–H and O–H groups in total. The lowest BCUT2D eigenvalue weighted by Crippen LogP contribution is -2.37. The number of nitrogens with one attached hydrogen (secondary N) is 2. The third kappa shape index (κ3) is 4.65. The van der Waals surface area contributed by atoms with Gasteiger partial charge >= 0.3 is 0 Å². The van der Waals surface area contributed by atoms with Crippen LogP contribution in [0, 0.1) is 5.92 Å². The van der Waals surface area contributed by atoms with E-state index in [1.807, 2.05) is 31.3 Å². The highest BCUT2D eigenvalue weighted by Crippen LogP contribution is 2.37. The monoisotopic (exact) mass is 316 g/mol. The first-order valence-corrected chi connectivity index (χ1v) is 7.28. The summed E-state index contributed by atoms with van der Waals surface area (Å²) >= 11 is 5.92. The van der Waals surface area contributed by atoms with Crippen LogP contribution < -0.4 is 10.6 Å². The molecule has 3 nitrogen and oxygen atoms in total. The molecule has 0 aromatic heterocycles. The minimum absolute atomic E-state index is 0. The predicted octanol–water partition coefficient (Wildman–Crippen LogP) is 3.33. The second kappa shape index (κ2) is 8.50. The highest BCUT2D eigenvalue weighted by atomic mass is 35.5. The van der Waals surface area contributed by atoms with Crippen LogP contribution in [0.2, 0.25) is 5.02 Å². The Balaban J connectivity index is 0.00000200. The first-order chi connectivity index (χ1) is 9.20. The van der Waals surface area contributed by atoms with E-state index in [0.717, 1.165) is 10.6 Å². The molecule has 5 heteroatoms. The molecule has 112 valence electrons. The zero-order valence-corrected chi connectivity index (χ0v) is 13.3. The van der Waals surface area contributed by atoms with Crippen molar-refractivity contribution in [2.45, 2.75) is 31.7 Å². The maximum Gasteiger partial charge on any atom is 0.221 e. The van der Waals surface area contributed by atoms with Gasteiger partial charge in [0.1, 0.15) is 0 Å². The molecule has 1 aliphatic carbocycles. The predicted molar refractivity (Wildman–Crippen MR) is 85.5 cm³/mol. The smallest absolute Gasteiger partial charge is 0.221 e. The standard InChI is InChI=1S/C15H21ClN2O.ClH/c1-17-10-9-14(19)18-15(11-3-2-4-11)12-5-7-13(16)8-6-12;/h5-8,11,15,17H,2-4,9-10H2,1H3,(H,18,19);1H. The fourth-order valence-corrected chi connectivity index (χ4v) is 2.53. The van der Waals surface area contributed by atoms with Gasteiger partial charge in [-0.25, -0.2) is 0 Å². The zero-order chi connectivity index (χ0) is 13.7. The number of benzene rings is 1. The van der Waals surface area contributed by atoms with E-state index >= 15 is 0 Å². The van der Waals surface area contributed by atoms with Gasteiger partial charge in [0.15, 0.2) is 0 Å². The Kier molecular flexibility index (Phi) is 7.35. The van der Waals surface area contributed by atoms with E-state index < -0.39 is 0 Å². The fraction of sp³-hybridized carbons (Fsp3) is 0.533. The molecule has 1 aromatic carbocycles. The van der Waals surface area contributed by atoms with Gasteiger partial charge in [0.25, 0.3) is 0 Å². The van der Waals surface area contributed by atoms with E-state index in [1.54, 1.807) is 0 Å². The summed E-state index contributed by atoms with van der Waals surface area (Å²) in [6, 6.07) is 7.95. The molecule has 0 saturated heterocycles. The Hall–Kier alpha value is -0.770. The Morgan fingerprint density at radius 1 is 1.35 bits per heavy atom. The molecule has 2 rings (SSSR count). The molecule has 1 fully saturated rings. The SMILES string of the molecule is CNCCC(=O)NC(c1ccc(Cl)cc1)C1CCC1.Cl. The summed E-state index contributed by atoms with van der Waals surface area (Å²) in [4.78, 5) is 11.9. The summed E-state index contributed by atoms with van der Waals surface area (Å²) in [6.07, 6.45) is 4.17. The second-order valence-corrected chi connectivity index (χ2v) is 5.58. The van der Waals surface area contributed by atoms with Crippen LogP contribution in [0.4, 0.5) is 0 Å². The third-order valence-electron chi connectivity index (χ3n) is 3.77. The molecule has 0 spiro atoms. The molecule has 1 amide bonds. The molecule has 1 atom stereocenters. The number of hydrogen-bond acceptors (Lipinski definition) is 2. The fourth-order valence-electron chi connectivity index (χ4n) is 2.40. The van der Waals surface area contributed by atoms with E-state index in [-0.39, 0.29) is 24.4 Å². The van der Waals surface area contributed by atoms with Gasteiger partial charge in [-0.2, -0.15) is 0 Å². The van der Waals surface area contributed by atoms with Crippen molar-refractivity contribution in [2.24, 2.45) is 5.92 Å². The van der Waals surface area contributed by atoms with Crippen molar-refractivity contribution in [3.63, 3.8) is 0 Å². The van der Waals surface area contributed by atoms with Crippen molar-refractivity contribution in [2.75, 3.05) is 13.6 Å². The average Bonchev–Trinajstić information content (AvgIpc) is 2.34. The van der Waals surface area contributed by atoms with Crippen molar-refractivity contribution in [1.82, 2.24) is 10.6 Å². The van der Waals surface area contributed by atoms with E-state index in [0.29, 0.717) is 18.9 Å². The van der Waals surface area contributed by atoms with Crippen LogP contribution in [0.15, 0.2) is 24.3 Å². The molecule has 0 radical (unpaired) electrons. The van der Waals surface area contributed by atoms with Crippen LogP contribution in [-0.4, -0.2) is 19.5 Å². The summed E-state index contributed by atoms with van der Waals surface area (Å²) in [7, 11) is 1.86. The number of halogens is 2. The van der Waals surface area contributed by atoms with Gasteiger partial charge in [0.05, 0.1) is 6.04 Å². The molecule has 0 heterocycles. The van der Waals surface area contributed by atoms with Crippen molar-refractivity contribution in [1.29, 1.82) is 0 Å². The number of carbonyl (C=O) groups is 1. The van der Waals surface area contributed by atoms with Gasteiger partial charge in [0, 0.05) is 18.0 Å². The first kappa shape index (κ1) is 17.3. The van der Waals surface area contributed by atoms with E-state index in [4.69, 9.17) is 11.6 Å². The molecule has 1 saturated carbocycles. The summed E-state index contributed by atoms with van der Waals surface area (Å²) in [5.74, 6) is 0.681. The molecule has 1 aromatic rings. The van der Waals surface area contributed by atoms with E-state index in [2.05, 4.69) is 10.6 Å². The third-order valence-corrected chi connectivity index (χ3v) is 4.02. The Labute approximate surface area is 131 Å². The number of carbonyl (C=O) groups excluding carboxylic acids is 1.